The van der Waals surface area contributed by atoms with Crippen LogP contribution in [0.25, 0.3) is 0 Å². The number of carbonyl (C=O) groups is 1. The van der Waals surface area contributed by atoms with E-state index < -0.39 is 11.7 Å². The van der Waals surface area contributed by atoms with Gasteiger partial charge in [0.25, 0.3) is 0 Å². The van der Waals surface area contributed by atoms with Gasteiger partial charge in [0, 0.05) is 12.5 Å². The Morgan fingerprint density at radius 3 is 2.31 bits per heavy atom. The monoisotopic (exact) mass is 509 g/mol. The number of alkyl halides is 3. The molecule has 0 spiro atoms. The lowest BCUT2D eigenvalue weighted by molar-refractivity contribution is -0.144. The standard InChI is InChI=1S/C30H46F3NO2/c1-4-36-29(35)21-24-10-15-28(27(20-24)25-11-13-26(14-12-25)30(31,32)33)34(18-16-22(2)3)19-17-23-8-6-5-7-9-23/h11-14,22-24,27-28H,4-10,15-21H2,1-3H3/t24-,27+,28-/m1/s1. The molecule has 0 aliphatic heterocycles. The zero-order valence-electron chi connectivity index (χ0n) is 22.5. The fourth-order valence-electron chi connectivity index (χ4n) is 6.29. The molecule has 6 heteroatoms. The van der Waals surface area contributed by atoms with E-state index in [1.807, 2.05) is 6.92 Å². The summed E-state index contributed by atoms with van der Waals surface area (Å²) >= 11 is 0. The van der Waals surface area contributed by atoms with Crippen LogP contribution in [0.5, 0.6) is 0 Å². The van der Waals surface area contributed by atoms with Gasteiger partial charge in [-0.05, 0) is 93.5 Å². The van der Waals surface area contributed by atoms with Gasteiger partial charge >= 0.3 is 12.1 Å². The number of hydrogen-bond donors (Lipinski definition) is 0. The van der Waals surface area contributed by atoms with E-state index in [2.05, 4.69) is 18.7 Å². The molecule has 0 amide bonds. The maximum Gasteiger partial charge on any atom is 0.416 e. The fraction of sp³-hybridized carbons (Fsp3) is 0.767. The molecule has 3 nitrogen and oxygen atoms in total. The summed E-state index contributed by atoms with van der Waals surface area (Å²) in [5.41, 5.74) is 0.365. The summed E-state index contributed by atoms with van der Waals surface area (Å²) in [4.78, 5) is 14.9. The minimum absolute atomic E-state index is 0.124. The van der Waals surface area contributed by atoms with Gasteiger partial charge in [0.1, 0.15) is 0 Å². The van der Waals surface area contributed by atoms with E-state index in [1.165, 1.54) is 50.7 Å². The van der Waals surface area contributed by atoms with Crippen molar-refractivity contribution < 1.29 is 22.7 Å². The Morgan fingerprint density at radius 1 is 1.00 bits per heavy atom. The second-order valence-corrected chi connectivity index (χ2v) is 11.5. The third-order valence-corrected chi connectivity index (χ3v) is 8.36. The molecule has 2 aliphatic rings. The van der Waals surface area contributed by atoms with E-state index in [4.69, 9.17) is 4.74 Å². The maximum absolute atomic E-state index is 13.2. The molecule has 3 atom stereocenters. The smallest absolute Gasteiger partial charge is 0.416 e. The van der Waals surface area contributed by atoms with Crippen molar-refractivity contribution >= 4 is 5.97 Å². The molecule has 2 saturated carbocycles. The predicted octanol–water partition coefficient (Wildman–Crippen LogP) is 8.23. The van der Waals surface area contributed by atoms with Crippen molar-refractivity contribution in [3.05, 3.63) is 35.4 Å². The molecule has 36 heavy (non-hydrogen) atoms. The Hall–Kier alpha value is -1.56. The molecule has 3 rings (SSSR count). The van der Waals surface area contributed by atoms with Crippen LogP contribution in [-0.2, 0) is 15.7 Å². The molecule has 0 bridgehead atoms. The largest absolute Gasteiger partial charge is 0.466 e. The van der Waals surface area contributed by atoms with Crippen LogP contribution in [0.15, 0.2) is 24.3 Å². The highest BCUT2D eigenvalue weighted by atomic mass is 19.4. The number of carbonyl (C=O) groups excluding carboxylic acids is 1. The van der Waals surface area contributed by atoms with Gasteiger partial charge in [-0.2, -0.15) is 13.2 Å². The summed E-state index contributed by atoms with van der Waals surface area (Å²) in [6.07, 6.45) is 7.82. The Balaban J connectivity index is 1.81. The Morgan fingerprint density at radius 2 is 1.69 bits per heavy atom. The number of esters is 1. The zero-order valence-corrected chi connectivity index (χ0v) is 22.5. The summed E-state index contributed by atoms with van der Waals surface area (Å²) in [6.45, 7) is 8.78. The quantitative estimate of drug-likeness (QED) is 0.281. The lowest BCUT2D eigenvalue weighted by Crippen LogP contribution is -2.45. The minimum Gasteiger partial charge on any atom is -0.466 e. The Bertz CT molecular complexity index is 786. The van der Waals surface area contributed by atoms with Crippen molar-refractivity contribution in [2.75, 3.05) is 19.7 Å². The van der Waals surface area contributed by atoms with Gasteiger partial charge in [-0.15, -0.1) is 0 Å². The maximum atomic E-state index is 13.2. The van der Waals surface area contributed by atoms with E-state index in [-0.39, 0.29) is 17.8 Å². The van der Waals surface area contributed by atoms with Crippen LogP contribution in [0, 0.1) is 17.8 Å². The molecule has 0 saturated heterocycles. The van der Waals surface area contributed by atoms with Crippen LogP contribution in [-0.4, -0.2) is 36.6 Å². The van der Waals surface area contributed by atoms with E-state index in [1.54, 1.807) is 12.1 Å². The molecular weight excluding hydrogens is 463 g/mol. The highest BCUT2D eigenvalue weighted by molar-refractivity contribution is 5.69. The van der Waals surface area contributed by atoms with Gasteiger partial charge in [-0.3, -0.25) is 9.69 Å². The number of hydrogen-bond acceptors (Lipinski definition) is 3. The van der Waals surface area contributed by atoms with Crippen LogP contribution in [0.1, 0.15) is 108 Å². The lowest BCUT2D eigenvalue weighted by Gasteiger charge is -2.44. The average Bonchev–Trinajstić information content (AvgIpc) is 2.84. The van der Waals surface area contributed by atoms with E-state index in [9.17, 15) is 18.0 Å². The van der Waals surface area contributed by atoms with Crippen LogP contribution in [0.4, 0.5) is 13.2 Å². The Kier molecular flexibility index (Phi) is 11.1. The lowest BCUT2D eigenvalue weighted by atomic mass is 9.72. The first-order valence-electron chi connectivity index (χ1n) is 14.2. The average molecular weight is 510 g/mol. The van der Waals surface area contributed by atoms with Crippen LogP contribution >= 0.6 is 0 Å². The van der Waals surface area contributed by atoms with E-state index in [0.717, 1.165) is 50.3 Å². The highest BCUT2D eigenvalue weighted by Gasteiger charge is 2.37. The van der Waals surface area contributed by atoms with Gasteiger partial charge in [0.2, 0.25) is 0 Å². The second-order valence-electron chi connectivity index (χ2n) is 11.5. The summed E-state index contributed by atoms with van der Waals surface area (Å²) in [5, 5.41) is 0. The number of nitrogens with zero attached hydrogens (tertiary/aromatic N) is 1. The molecule has 0 N–H and O–H groups in total. The van der Waals surface area contributed by atoms with Crippen molar-refractivity contribution in [3.8, 4) is 0 Å². The third-order valence-electron chi connectivity index (χ3n) is 8.36. The van der Waals surface area contributed by atoms with Gasteiger partial charge in [-0.1, -0.05) is 58.1 Å². The molecule has 0 unspecified atom stereocenters. The van der Waals surface area contributed by atoms with Crippen molar-refractivity contribution in [2.45, 2.75) is 110 Å². The summed E-state index contributed by atoms with van der Waals surface area (Å²) < 4.78 is 44.9. The molecule has 0 aromatic heterocycles. The first-order valence-corrected chi connectivity index (χ1v) is 14.2. The van der Waals surface area contributed by atoms with Crippen LogP contribution < -0.4 is 0 Å². The van der Waals surface area contributed by atoms with E-state index >= 15 is 0 Å². The topological polar surface area (TPSA) is 29.5 Å². The predicted molar refractivity (Wildman–Crippen MR) is 139 cm³/mol. The molecule has 2 aliphatic carbocycles. The molecule has 1 aromatic carbocycles. The van der Waals surface area contributed by atoms with Gasteiger partial charge < -0.3 is 4.74 Å². The van der Waals surface area contributed by atoms with Gasteiger partial charge in [0.05, 0.1) is 12.2 Å². The van der Waals surface area contributed by atoms with Crippen molar-refractivity contribution in [2.24, 2.45) is 17.8 Å². The first-order chi connectivity index (χ1) is 17.2. The second kappa shape index (κ2) is 13.8. The number of benzene rings is 1. The highest BCUT2D eigenvalue weighted by Crippen LogP contribution is 2.42. The van der Waals surface area contributed by atoms with Gasteiger partial charge in [0.15, 0.2) is 0 Å². The third kappa shape index (κ3) is 8.78. The molecule has 0 heterocycles. The molecule has 0 radical (unpaired) electrons. The molecule has 204 valence electrons. The summed E-state index contributed by atoms with van der Waals surface area (Å²) in [5.74, 6) is 1.56. The van der Waals surface area contributed by atoms with Gasteiger partial charge in [-0.25, -0.2) is 0 Å². The molecule has 1 aromatic rings. The van der Waals surface area contributed by atoms with Crippen molar-refractivity contribution in [1.82, 2.24) is 4.90 Å². The van der Waals surface area contributed by atoms with E-state index in [0.29, 0.717) is 25.0 Å². The summed E-state index contributed by atoms with van der Waals surface area (Å²) in [6, 6.07) is 6.09. The van der Waals surface area contributed by atoms with Crippen molar-refractivity contribution in [3.63, 3.8) is 0 Å². The number of rotatable bonds is 11. The normalized spacial score (nSPS) is 23.8. The number of ether oxygens (including phenoxy) is 1. The zero-order chi connectivity index (χ0) is 26.1. The Labute approximate surface area is 216 Å². The fourth-order valence-corrected chi connectivity index (χ4v) is 6.29. The van der Waals surface area contributed by atoms with Crippen LogP contribution in [0.2, 0.25) is 0 Å². The first kappa shape index (κ1) is 29.0. The molecular formula is C30H46F3NO2. The van der Waals surface area contributed by atoms with Crippen LogP contribution in [0.3, 0.4) is 0 Å². The SMILES string of the molecule is CCOC(=O)C[C@@H]1CC[C@@H](N(CCC(C)C)CCC2CCCCC2)[C@H](c2ccc(C(F)(F)F)cc2)C1. The minimum atomic E-state index is -4.33. The van der Waals surface area contributed by atoms with Crippen molar-refractivity contribution in [1.29, 1.82) is 0 Å². The summed E-state index contributed by atoms with van der Waals surface area (Å²) in [7, 11) is 0. The number of halogens is 3. The molecule has 2 fully saturated rings.